The van der Waals surface area contributed by atoms with Crippen molar-refractivity contribution < 1.29 is 4.79 Å². The molecular formula is C26H22ClN5O. The molecule has 1 atom stereocenters. The molecule has 0 radical (unpaired) electrons. The lowest BCUT2D eigenvalue weighted by Gasteiger charge is -2.24. The van der Waals surface area contributed by atoms with Crippen LogP contribution in [0.5, 0.6) is 0 Å². The van der Waals surface area contributed by atoms with Crippen LogP contribution in [0, 0.1) is 0 Å². The van der Waals surface area contributed by atoms with Gasteiger partial charge >= 0.3 is 0 Å². The Morgan fingerprint density at radius 1 is 0.970 bits per heavy atom. The number of aromatic nitrogens is 3. The Hall–Kier alpha value is -3.90. The van der Waals surface area contributed by atoms with E-state index in [1.165, 1.54) is 0 Å². The highest BCUT2D eigenvalue weighted by Gasteiger charge is 2.27. The third-order valence-electron chi connectivity index (χ3n) is 5.51. The minimum absolute atomic E-state index is 0.132. The molecule has 1 aromatic heterocycles. The molecule has 1 aliphatic heterocycles. The number of amides is 1. The fourth-order valence-corrected chi connectivity index (χ4v) is 4.11. The molecule has 0 spiro atoms. The highest BCUT2D eigenvalue weighted by atomic mass is 35.5. The van der Waals surface area contributed by atoms with Crippen molar-refractivity contribution in [2.75, 3.05) is 10.6 Å². The van der Waals surface area contributed by atoms with Crippen LogP contribution in [-0.4, -0.2) is 20.7 Å². The van der Waals surface area contributed by atoms with Crippen molar-refractivity contribution in [2.45, 2.75) is 18.9 Å². The summed E-state index contributed by atoms with van der Waals surface area (Å²) in [5, 5.41) is 11.4. The van der Waals surface area contributed by atoms with Crippen molar-refractivity contribution in [3.8, 4) is 0 Å². The summed E-state index contributed by atoms with van der Waals surface area (Å²) >= 11 is 6.53. The molecule has 1 amide bonds. The molecular weight excluding hydrogens is 434 g/mol. The molecule has 33 heavy (non-hydrogen) atoms. The Labute approximate surface area is 196 Å². The molecule has 1 aliphatic rings. The van der Waals surface area contributed by atoms with Gasteiger partial charge in [0.05, 0.1) is 0 Å². The second kappa shape index (κ2) is 9.30. The van der Waals surface area contributed by atoms with E-state index in [0.29, 0.717) is 23.8 Å². The SMILES string of the molecule is O=C(CCc1ccccc1)Nc1nc2n(n1)[C@H](c1ccccc1Cl)C=C(c1ccccc1)N2. The van der Waals surface area contributed by atoms with Gasteiger partial charge in [-0.25, -0.2) is 4.68 Å². The topological polar surface area (TPSA) is 71.8 Å². The van der Waals surface area contributed by atoms with Crippen LogP contribution in [0.1, 0.15) is 29.2 Å². The molecule has 2 N–H and O–H groups in total. The average Bonchev–Trinajstić information content (AvgIpc) is 3.26. The number of nitrogens with zero attached hydrogens (tertiary/aromatic N) is 3. The quantitative estimate of drug-likeness (QED) is 0.399. The normalized spacial score (nSPS) is 14.7. The van der Waals surface area contributed by atoms with E-state index in [1.54, 1.807) is 4.68 Å². The van der Waals surface area contributed by atoms with Gasteiger partial charge in [-0.15, -0.1) is 5.10 Å². The summed E-state index contributed by atoms with van der Waals surface area (Å²) < 4.78 is 1.75. The fourth-order valence-electron chi connectivity index (χ4n) is 3.86. The number of allylic oxidation sites excluding steroid dienone is 1. The first-order valence-corrected chi connectivity index (χ1v) is 11.1. The number of aryl methyl sites for hydroxylation is 1. The molecule has 7 heteroatoms. The first kappa shape index (κ1) is 21.0. The molecule has 0 saturated carbocycles. The highest BCUT2D eigenvalue weighted by Crippen LogP contribution is 2.35. The molecule has 3 aromatic carbocycles. The number of nitrogens with one attached hydrogen (secondary N) is 2. The minimum Gasteiger partial charge on any atom is -0.324 e. The third kappa shape index (κ3) is 4.66. The van der Waals surface area contributed by atoms with Crippen molar-refractivity contribution in [3.63, 3.8) is 0 Å². The second-order valence-corrected chi connectivity index (χ2v) is 8.18. The summed E-state index contributed by atoms with van der Waals surface area (Å²) in [6, 6.07) is 27.3. The predicted molar refractivity (Wildman–Crippen MR) is 131 cm³/mol. The van der Waals surface area contributed by atoms with E-state index in [0.717, 1.165) is 22.4 Å². The Morgan fingerprint density at radius 2 is 1.67 bits per heavy atom. The number of halogens is 1. The summed E-state index contributed by atoms with van der Waals surface area (Å²) in [4.78, 5) is 17.1. The summed E-state index contributed by atoms with van der Waals surface area (Å²) in [5.41, 5.74) is 3.95. The van der Waals surface area contributed by atoms with E-state index < -0.39 is 0 Å². The van der Waals surface area contributed by atoms with E-state index in [4.69, 9.17) is 11.6 Å². The number of fused-ring (bicyclic) bond motifs is 1. The zero-order valence-corrected chi connectivity index (χ0v) is 18.5. The van der Waals surface area contributed by atoms with E-state index in [9.17, 15) is 4.79 Å². The summed E-state index contributed by atoms with van der Waals surface area (Å²) in [5.74, 6) is 0.669. The van der Waals surface area contributed by atoms with Gasteiger partial charge in [-0.1, -0.05) is 90.5 Å². The van der Waals surface area contributed by atoms with E-state index in [1.807, 2.05) is 84.9 Å². The standard InChI is InChI=1S/C26H22ClN5O/c27-21-14-8-7-13-20(21)23-17-22(19-11-5-2-6-12-19)28-26-30-25(31-32(23)26)29-24(33)16-15-18-9-3-1-4-10-18/h1-14,17,23H,15-16H2,(H2,28,29,30,31,33)/t23-/m0/s1. The second-order valence-electron chi connectivity index (χ2n) is 7.78. The number of rotatable bonds is 6. The van der Waals surface area contributed by atoms with Crippen LogP contribution in [0.4, 0.5) is 11.9 Å². The van der Waals surface area contributed by atoms with Gasteiger partial charge in [0, 0.05) is 17.1 Å². The molecule has 0 saturated heterocycles. The maximum atomic E-state index is 12.5. The van der Waals surface area contributed by atoms with Crippen molar-refractivity contribution in [3.05, 3.63) is 113 Å². The number of anilines is 2. The molecule has 5 rings (SSSR count). The molecule has 0 bridgehead atoms. The zero-order chi connectivity index (χ0) is 22.6. The average molecular weight is 456 g/mol. The van der Waals surface area contributed by atoms with Crippen molar-refractivity contribution in [2.24, 2.45) is 0 Å². The molecule has 4 aromatic rings. The Morgan fingerprint density at radius 3 is 2.42 bits per heavy atom. The molecule has 164 valence electrons. The van der Waals surface area contributed by atoms with Crippen molar-refractivity contribution in [1.29, 1.82) is 0 Å². The Bertz CT molecular complexity index is 1300. The van der Waals surface area contributed by atoms with Gasteiger partial charge in [0.25, 0.3) is 5.95 Å². The number of benzene rings is 3. The van der Waals surface area contributed by atoms with Crippen LogP contribution in [0.3, 0.4) is 0 Å². The van der Waals surface area contributed by atoms with Crippen LogP contribution in [-0.2, 0) is 11.2 Å². The van der Waals surface area contributed by atoms with Crippen LogP contribution in [0.15, 0.2) is 91.0 Å². The monoisotopic (exact) mass is 455 g/mol. The smallest absolute Gasteiger partial charge is 0.250 e. The number of carbonyl (C=O) groups is 1. The van der Waals surface area contributed by atoms with E-state index in [2.05, 4.69) is 26.8 Å². The number of hydrogen-bond donors (Lipinski definition) is 2. The van der Waals surface area contributed by atoms with Gasteiger partial charge in [-0.05, 0) is 35.3 Å². The summed E-state index contributed by atoms with van der Waals surface area (Å²) in [6.45, 7) is 0. The number of hydrogen-bond acceptors (Lipinski definition) is 4. The summed E-state index contributed by atoms with van der Waals surface area (Å²) in [6.07, 6.45) is 3.07. The van der Waals surface area contributed by atoms with Gasteiger partial charge in [0.2, 0.25) is 11.9 Å². The van der Waals surface area contributed by atoms with Crippen molar-refractivity contribution in [1.82, 2.24) is 14.8 Å². The predicted octanol–water partition coefficient (Wildman–Crippen LogP) is 5.56. The van der Waals surface area contributed by atoms with Crippen LogP contribution in [0.2, 0.25) is 5.02 Å². The number of carbonyl (C=O) groups excluding carboxylic acids is 1. The molecule has 2 heterocycles. The minimum atomic E-state index is -0.271. The zero-order valence-electron chi connectivity index (χ0n) is 17.8. The first-order valence-electron chi connectivity index (χ1n) is 10.8. The molecule has 0 unspecified atom stereocenters. The maximum Gasteiger partial charge on any atom is 0.250 e. The lowest BCUT2D eigenvalue weighted by atomic mass is 10.0. The third-order valence-corrected chi connectivity index (χ3v) is 5.85. The highest BCUT2D eigenvalue weighted by molar-refractivity contribution is 6.31. The van der Waals surface area contributed by atoms with Gasteiger partial charge in [0.1, 0.15) is 6.04 Å². The Kier molecular flexibility index (Phi) is 5.91. The first-order chi connectivity index (χ1) is 16.2. The largest absolute Gasteiger partial charge is 0.324 e. The van der Waals surface area contributed by atoms with Crippen LogP contribution in [0.25, 0.3) is 5.70 Å². The van der Waals surface area contributed by atoms with Gasteiger partial charge in [-0.2, -0.15) is 4.98 Å². The lowest BCUT2D eigenvalue weighted by molar-refractivity contribution is -0.116. The van der Waals surface area contributed by atoms with Crippen LogP contribution >= 0.6 is 11.6 Å². The van der Waals surface area contributed by atoms with Gasteiger partial charge < -0.3 is 5.32 Å². The lowest BCUT2D eigenvalue weighted by Crippen LogP contribution is -2.20. The summed E-state index contributed by atoms with van der Waals surface area (Å²) in [7, 11) is 0. The maximum absolute atomic E-state index is 12.5. The van der Waals surface area contributed by atoms with Gasteiger partial charge in [0.15, 0.2) is 0 Å². The Balaban J connectivity index is 1.41. The molecule has 6 nitrogen and oxygen atoms in total. The van der Waals surface area contributed by atoms with Crippen LogP contribution < -0.4 is 10.6 Å². The van der Waals surface area contributed by atoms with E-state index >= 15 is 0 Å². The molecule has 0 fully saturated rings. The van der Waals surface area contributed by atoms with Crippen molar-refractivity contribution >= 4 is 35.1 Å². The van der Waals surface area contributed by atoms with E-state index in [-0.39, 0.29) is 17.9 Å². The fraction of sp³-hybridized carbons (Fsp3) is 0.115. The van der Waals surface area contributed by atoms with Gasteiger partial charge in [-0.3, -0.25) is 10.1 Å². The molecule has 0 aliphatic carbocycles.